The van der Waals surface area contributed by atoms with Crippen LogP contribution in [0.3, 0.4) is 0 Å². The van der Waals surface area contributed by atoms with Gasteiger partial charge in [-0.15, -0.1) is 0 Å². The van der Waals surface area contributed by atoms with Crippen LogP contribution in [-0.2, 0) is 4.79 Å². The molecule has 0 aromatic heterocycles. The van der Waals surface area contributed by atoms with E-state index in [0.29, 0.717) is 0 Å². The third-order valence-electron chi connectivity index (χ3n) is 0.650. The monoisotopic (exact) mass is 129 g/mol. The summed E-state index contributed by atoms with van der Waals surface area (Å²) in [6, 6.07) is 0. The molecule has 8 heavy (non-hydrogen) atoms. The minimum Gasteiger partial charge on any atom is -0.272 e. The predicted octanol–water partition coefficient (Wildman–Crippen LogP) is 1.27. The van der Waals surface area contributed by atoms with E-state index in [-0.39, 0.29) is 11.8 Å². The molecule has 0 aromatic carbocycles. The number of amides is 1. The van der Waals surface area contributed by atoms with Crippen molar-refractivity contribution in [3.8, 4) is 0 Å². The third kappa shape index (κ3) is 2.61. The van der Waals surface area contributed by atoms with Crippen LogP contribution >= 0.6 is 12.2 Å². The van der Waals surface area contributed by atoms with Crippen molar-refractivity contribution in [2.24, 2.45) is 10.9 Å². The molecule has 0 atom stereocenters. The fraction of sp³-hybridized carbons (Fsp3) is 0.600. The quantitative estimate of drug-likeness (QED) is 0.394. The Morgan fingerprint density at radius 3 is 2.38 bits per heavy atom. The molecular weight excluding hydrogens is 122 g/mol. The zero-order valence-electron chi connectivity index (χ0n) is 4.84. The fourth-order valence-electron chi connectivity index (χ4n) is 0.174. The van der Waals surface area contributed by atoms with Crippen molar-refractivity contribution >= 4 is 23.3 Å². The van der Waals surface area contributed by atoms with E-state index in [0.717, 1.165) is 0 Å². The molecule has 0 bridgehead atoms. The molecule has 0 rings (SSSR count). The predicted molar refractivity (Wildman–Crippen MR) is 34.9 cm³/mol. The maximum absolute atomic E-state index is 10.4. The van der Waals surface area contributed by atoms with Crippen LogP contribution in [-0.4, -0.2) is 11.1 Å². The first-order valence-electron chi connectivity index (χ1n) is 2.30. The van der Waals surface area contributed by atoms with Crippen molar-refractivity contribution in [1.29, 1.82) is 0 Å². The van der Waals surface area contributed by atoms with Gasteiger partial charge in [-0.1, -0.05) is 13.8 Å². The molecule has 2 nitrogen and oxygen atoms in total. The van der Waals surface area contributed by atoms with E-state index >= 15 is 0 Å². The topological polar surface area (TPSA) is 29.4 Å². The van der Waals surface area contributed by atoms with Crippen molar-refractivity contribution in [3.05, 3.63) is 0 Å². The summed E-state index contributed by atoms with van der Waals surface area (Å²) < 4.78 is 0. The number of aliphatic imine (C=N–C) groups is 1. The molecule has 0 N–H and O–H groups in total. The summed E-state index contributed by atoms with van der Waals surface area (Å²) in [5, 5.41) is 2.01. The van der Waals surface area contributed by atoms with E-state index < -0.39 is 0 Å². The van der Waals surface area contributed by atoms with E-state index in [1.54, 1.807) is 13.8 Å². The average Bonchev–Trinajstić information content (AvgIpc) is 1.67. The van der Waals surface area contributed by atoms with Crippen molar-refractivity contribution in [2.75, 3.05) is 0 Å². The lowest BCUT2D eigenvalue weighted by atomic mass is 10.2. The van der Waals surface area contributed by atoms with Crippen LogP contribution in [0.2, 0.25) is 0 Å². The SMILES string of the molecule is CC(C)C(=O)N=C=S. The largest absolute Gasteiger partial charge is 0.272 e. The minimum absolute atomic E-state index is 0.0644. The van der Waals surface area contributed by atoms with Gasteiger partial charge in [0.05, 0.1) is 5.16 Å². The van der Waals surface area contributed by atoms with E-state index in [1.807, 2.05) is 5.16 Å². The van der Waals surface area contributed by atoms with Gasteiger partial charge >= 0.3 is 0 Å². The number of carbonyl (C=O) groups is 1. The summed E-state index contributed by atoms with van der Waals surface area (Å²) >= 11 is 4.21. The Bertz CT molecular complexity index is 135. The molecule has 0 aromatic rings. The summed E-state index contributed by atoms with van der Waals surface area (Å²) in [5.74, 6) is -0.273. The normalized spacial score (nSPS) is 8.38. The summed E-state index contributed by atoms with van der Waals surface area (Å²) in [4.78, 5) is 13.7. The Hall–Kier alpha value is -0.530. The number of nitrogens with zero attached hydrogens (tertiary/aromatic N) is 1. The molecule has 0 spiro atoms. The molecule has 0 saturated carbocycles. The molecule has 0 heterocycles. The highest BCUT2D eigenvalue weighted by Gasteiger charge is 2.01. The van der Waals surface area contributed by atoms with Gasteiger partial charge in [-0.2, -0.15) is 4.99 Å². The Kier molecular flexibility index (Phi) is 3.24. The maximum Gasteiger partial charge on any atom is 0.257 e. The molecule has 0 saturated heterocycles. The number of thiocarbonyl (C=S) groups is 1. The molecule has 1 amide bonds. The van der Waals surface area contributed by atoms with Crippen molar-refractivity contribution < 1.29 is 4.79 Å². The maximum atomic E-state index is 10.4. The fourth-order valence-corrected chi connectivity index (χ4v) is 0.264. The van der Waals surface area contributed by atoms with Crippen molar-refractivity contribution in [2.45, 2.75) is 13.8 Å². The van der Waals surface area contributed by atoms with Crippen LogP contribution < -0.4 is 0 Å². The van der Waals surface area contributed by atoms with Crippen molar-refractivity contribution in [3.63, 3.8) is 0 Å². The zero-order chi connectivity index (χ0) is 6.57. The third-order valence-corrected chi connectivity index (χ3v) is 0.741. The Morgan fingerprint density at radius 1 is 1.75 bits per heavy atom. The number of hydrogen-bond acceptors (Lipinski definition) is 2. The Labute approximate surface area is 53.6 Å². The lowest BCUT2D eigenvalue weighted by Gasteiger charge is -1.90. The number of rotatable bonds is 1. The van der Waals surface area contributed by atoms with Gasteiger partial charge < -0.3 is 0 Å². The first-order chi connectivity index (χ1) is 3.68. The minimum atomic E-state index is -0.208. The van der Waals surface area contributed by atoms with Crippen molar-refractivity contribution in [1.82, 2.24) is 0 Å². The first kappa shape index (κ1) is 7.47. The summed E-state index contributed by atoms with van der Waals surface area (Å²) in [6.07, 6.45) is 0. The average molecular weight is 129 g/mol. The molecule has 44 valence electrons. The van der Waals surface area contributed by atoms with Gasteiger partial charge in [0.2, 0.25) is 0 Å². The summed E-state index contributed by atoms with van der Waals surface area (Å²) in [5.41, 5.74) is 0. The highest BCUT2D eigenvalue weighted by Crippen LogP contribution is 1.92. The molecule has 0 unspecified atom stereocenters. The first-order valence-corrected chi connectivity index (χ1v) is 2.71. The second-order valence-corrected chi connectivity index (χ2v) is 1.88. The van der Waals surface area contributed by atoms with E-state index in [4.69, 9.17) is 0 Å². The second-order valence-electron chi connectivity index (χ2n) is 1.70. The molecule has 0 aliphatic heterocycles. The van der Waals surface area contributed by atoms with E-state index in [9.17, 15) is 4.79 Å². The lowest BCUT2D eigenvalue weighted by molar-refractivity contribution is -0.120. The van der Waals surface area contributed by atoms with Crippen LogP contribution in [0.15, 0.2) is 4.99 Å². The highest BCUT2D eigenvalue weighted by molar-refractivity contribution is 7.78. The molecule has 0 fully saturated rings. The number of carbonyl (C=O) groups excluding carboxylic acids is 1. The molecule has 0 aliphatic rings. The van der Waals surface area contributed by atoms with Gasteiger partial charge in [0.25, 0.3) is 5.91 Å². The lowest BCUT2D eigenvalue weighted by Crippen LogP contribution is -2.01. The van der Waals surface area contributed by atoms with Crippen LogP contribution in [0.4, 0.5) is 0 Å². The zero-order valence-corrected chi connectivity index (χ0v) is 5.66. The van der Waals surface area contributed by atoms with E-state index in [2.05, 4.69) is 17.2 Å². The van der Waals surface area contributed by atoms with Gasteiger partial charge in [0.1, 0.15) is 0 Å². The van der Waals surface area contributed by atoms with Gasteiger partial charge in [0, 0.05) is 5.92 Å². The van der Waals surface area contributed by atoms with Gasteiger partial charge in [-0.25, -0.2) is 0 Å². The number of hydrogen-bond donors (Lipinski definition) is 0. The number of isothiocyanates is 1. The van der Waals surface area contributed by atoms with Gasteiger partial charge in [-0.3, -0.25) is 4.79 Å². The smallest absolute Gasteiger partial charge is 0.257 e. The Morgan fingerprint density at radius 2 is 2.25 bits per heavy atom. The van der Waals surface area contributed by atoms with Crippen LogP contribution in [0.1, 0.15) is 13.8 Å². The van der Waals surface area contributed by atoms with E-state index in [1.165, 1.54) is 0 Å². The van der Waals surface area contributed by atoms with Gasteiger partial charge in [-0.05, 0) is 12.2 Å². The summed E-state index contributed by atoms with van der Waals surface area (Å²) in [7, 11) is 0. The standard InChI is InChI=1S/C5H7NOS/c1-4(2)5(7)6-3-8/h4H,1-2H3. The van der Waals surface area contributed by atoms with Crippen LogP contribution in [0.25, 0.3) is 0 Å². The summed E-state index contributed by atoms with van der Waals surface area (Å²) in [6.45, 7) is 3.52. The van der Waals surface area contributed by atoms with Gasteiger partial charge in [0.15, 0.2) is 0 Å². The Balaban J connectivity index is 3.84. The van der Waals surface area contributed by atoms with Crippen LogP contribution in [0, 0.1) is 5.92 Å². The molecule has 0 radical (unpaired) electrons. The molecule has 3 heteroatoms. The molecule has 0 aliphatic carbocycles. The molecular formula is C5H7NOS. The van der Waals surface area contributed by atoms with Crippen LogP contribution in [0.5, 0.6) is 0 Å². The highest BCUT2D eigenvalue weighted by atomic mass is 32.1. The second kappa shape index (κ2) is 3.47.